The number of nitrogens with one attached hydrogen (secondary N) is 1. The molecule has 1 aliphatic heterocycles. The van der Waals surface area contributed by atoms with Gasteiger partial charge < -0.3 is 28.9 Å². The molecule has 0 amide bonds. The van der Waals surface area contributed by atoms with Crippen molar-refractivity contribution in [3.63, 3.8) is 0 Å². The van der Waals surface area contributed by atoms with Crippen LogP contribution in [0.2, 0.25) is 0 Å². The van der Waals surface area contributed by atoms with Crippen molar-refractivity contribution in [1.29, 1.82) is 5.41 Å². The monoisotopic (exact) mass is 244 g/mol. The van der Waals surface area contributed by atoms with E-state index in [-0.39, 0.29) is 25.4 Å². The molecule has 1 rings (SSSR count). The molecule has 0 bridgehead atoms. The molecule has 0 aromatic heterocycles. The van der Waals surface area contributed by atoms with Crippen LogP contribution in [0.5, 0.6) is 0 Å². The summed E-state index contributed by atoms with van der Waals surface area (Å²) in [6, 6.07) is 0. The Morgan fingerprint density at radius 2 is 2.50 bits per heavy atom. The van der Waals surface area contributed by atoms with Gasteiger partial charge in [-0.05, 0) is 0 Å². The first-order chi connectivity index (χ1) is 3.30. The summed E-state index contributed by atoms with van der Waals surface area (Å²) in [4.78, 5) is 1.95. The maximum Gasteiger partial charge on any atom is 1.00 e. The first-order valence-corrected chi connectivity index (χ1v) is 3.22. The zero-order chi connectivity index (χ0) is 5.28. The highest BCUT2D eigenvalue weighted by molar-refractivity contribution is 8.14. The van der Waals surface area contributed by atoms with Crippen LogP contribution in [0.1, 0.15) is 1.43 Å². The summed E-state index contributed by atoms with van der Waals surface area (Å²) in [7, 11) is 1.95. The lowest BCUT2D eigenvalue weighted by molar-refractivity contribution is -0.00000167. The van der Waals surface area contributed by atoms with Crippen LogP contribution < -0.4 is 24.0 Å². The first-order valence-electron chi connectivity index (χ1n) is 2.23. The first kappa shape index (κ1) is 8.55. The summed E-state index contributed by atoms with van der Waals surface area (Å²) in [5.74, 6) is 1.09. The van der Waals surface area contributed by atoms with Crippen molar-refractivity contribution >= 4 is 16.9 Å². The fraction of sp³-hybridized carbons (Fsp3) is 0.750. The Balaban J connectivity index is 0. The van der Waals surface area contributed by atoms with Gasteiger partial charge >= 0.3 is 1.43 Å². The maximum absolute atomic E-state index is 7.14. The molecule has 0 radical (unpaired) electrons. The normalized spacial score (nSPS) is 18.6. The van der Waals surface area contributed by atoms with E-state index >= 15 is 0 Å². The maximum atomic E-state index is 7.14. The van der Waals surface area contributed by atoms with E-state index in [1.165, 1.54) is 0 Å². The van der Waals surface area contributed by atoms with Crippen LogP contribution >= 0.6 is 11.8 Å². The number of rotatable bonds is 0. The number of nitrogens with zero attached hydrogens (tertiary/aromatic N) is 1. The molecule has 0 aliphatic carbocycles. The van der Waals surface area contributed by atoms with Gasteiger partial charge in [0.15, 0.2) is 5.17 Å². The molecular formula is C4H9IN2S. The topological polar surface area (TPSA) is 27.1 Å². The van der Waals surface area contributed by atoms with E-state index in [2.05, 4.69) is 0 Å². The Kier molecular flexibility index (Phi) is 3.80. The summed E-state index contributed by atoms with van der Waals surface area (Å²) >= 11 is 1.61. The Bertz CT molecular complexity index is 101. The van der Waals surface area contributed by atoms with Crippen LogP contribution in [0.3, 0.4) is 0 Å². The summed E-state index contributed by atoms with van der Waals surface area (Å²) in [5, 5.41) is 7.85. The van der Waals surface area contributed by atoms with E-state index in [9.17, 15) is 0 Å². The fourth-order valence-corrected chi connectivity index (χ4v) is 1.36. The molecule has 2 nitrogen and oxygen atoms in total. The van der Waals surface area contributed by atoms with Gasteiger partial charge in [0.25, 0.3) is 0 Å². The van der Waals surface area contributed by atoms with Gasteiger partial charge in [-0.3, -0.25) is 5.41 Å². The van der Waals surface area contributed by atoms with Gasteiger partial charge in [-0.1, -0.05) is 11.8 Å². The van der Waals surface area contributed by atoms with E-state index in [0.29, 0.717) is 5.17 Å². The molecule has 0 atom stereocenters. The highest BCUT2D eigenvalue weighted by Crippen LogP contribution is 2.12. The molecule has 0 unspecified atom stereocenters. The fourth-order valence-electron chi connectivity index (χ4n) is 0.491. The van der Waals surface area contributed by atoms with Gasteiger partial charge in [0.2, 0.25) is 0 Å². The Hall–Kier alpha value is 0.550. The molecule has 0 aromatic carbocycles. The van der Waals surface area contributed by atoms with Crippen molar-refractivity contribution in [2.75, 3.05) is 19.3 Å². The minimum atomic E-state index is 0. The molecule has 0 saturated carbocycles. The van der Waals surface area contributed by atoms with Gasteiger partial charge in [0.1, 0.15) is 0 Å². The average Bonchev–Trinajstić information content (AvgIpc) is 1.91. The van der Waals surface area contributed by atoms with Crippen molar-refractivity contribution in [3.8, 4) is 0 Å². The van der Waals surface area contributed by atoms with E-state index in [1.54, 1.807) is 11.8 Å². The highest BCUT2D eigenvalue weighted by Gasteiger charge is 2.11. The molecule has 0 spiro atoms. The minimum Gasteiger partial charge on any atom is -1.00 e. The zero-order valence-electron chi connectivity index (χ0n) is 5.65. The second kappa shape index (κ2) is 3.55. The third-order valence-corrected chi connectivity index (χ3v) is 1.98. The van der Waals surface area contributed by atoms with E-state index < -0.39 is 0 Å². The summed E-state index contributed by atoms with van der Waals surface area (Å²) < 4.78 is 0. The lowest BCUT2D eigenvalue weighted by Crippen LogP contribution is -3.00. The number of halogens is 1. The number of amidine groups is 1. The number of hydrogen-bond donors (Lipinski definition) is 1. The predicted octanol–water partition coefficient (Wildman–Crippen LogP) is -2.28. The second-order valence-electron chi connectivity index (χ2n) is 1.58. The van der Waals surface area contributed by atoms with Gasteiger partial charge in [0, 0.05) is 19.3 Å². The SMILES string of the molecule is CN1CCSC1=N.[H+].[I-]. The van der Waals surface area contributed by atoms with E-state index in [1.807, 2.05) is 11.9 Å². The summed E-state index contributed by atoms with van der Waals surface area (Å²) in [6.07, 6.45) is 0. The molecular weight excluding hydrogens is 235 g/mol. The molecule has 48 valence electrons. The van der Waals surface area contributed by atoms with E-state index in [0.717, 1.165) is 12.3 Å². The van der Waals surface area contributed by atoms with Crippen molar-refractivity contribution in [2.24, 2.45) is 0 Å². The van der Waals surface area contributed by atoms with Crippen molar-refractivity contribution < 1.29 is 25.4 Å². The largest absolute Gasteiger partial charge is 1.00 e. The van der Waals surface area contributed by atoms with Crippen molar-refractivity contribution in [2.45, 2.75) is 0 Å². The van der Waals surface area contributed by atoms with Gasteiger partial charge in [-0.25, -0.2) is 0 Å². The minimum absolute atomic E-state index is 0. The van der Waals surface area contributed by atoms with Gasteiger partial charge in [-0.15, -0.1) is 0 Å². The van der Waals surface area contributed by atoms with Crippen LogP contribution in [-0.4, -0.2) is 29.4 Å². The van der Waals surface area contributed by atoms with Crippen molar-refractivity contribution in [3.05, 3.63) is 0 Å². The standard InChI is InChI=1S/C4H8N2S.HI/c1-6-2-3-7-4(6)5;/h5H,2-3H2,1H3;1H. The van der Waals surface area contributed by atoms with Crippen LogP contribution in [0.4, 0.5) is 0 Å². The van der Waals surface area contributed by atoms with Crippen LogP contribution in [0.15, 0.2) is 0 Å². The van der Waals surface area contributed by atoms with Crippen LogP contribution in [0, 0.1) is 5.41 Å². The van der Waals surface area contributed by atoms with Gasteiger partial charge in [0.05, 0.1) is 0 Å². The lowest BCUT2D eigenvalue weighted by atomic mass is 10.7. The summed E-state index contributed by atoms with van der Waals surface area (Å²) in [6.45, 7) is 1.05. The van der Waals surface area contributed by atoms with Crippen molar-refractivity contribution in [1.82, 2.24) is 4.90 Å². The third-order valence-electron chi connectivity index (χ3n) is 1.01. The second-order valence-corrected chi connectivity index (χ2v) is 2.66. The predicted molar refractivity (Wildman–Crippen MR) is 33.9 cm³/mol. The molecule has 4 heteroatoms. The Morgan fingerprint density at radius 1 is 1.88 bits per heavy atom. The molecule has 8 heavy (non-hydrogen) atoms. The summed E-state index contributed by atoms with van der Waals surface area (Å²) in [5.41, 5.74) is 0. The average molecular weight is 244 g/mol. The Labute approximate surface area is 72.0 Å². The molecule has 1 fully saturated rings. The quantitative estimate of drug-likeness (QED) is 0.486. The van der Waals surface area contributed by atoms with Crippen LogP contribution in [0.25, 0.3) is 0 Å². The molecule has 1 aliphatic rings. The Morgan fingerprint density at radius 3 is 2.62 bits per heavy atom. The third kappa shape index (κ3) is 1.81. The molecule has 1 heterocycles. The zero-order valence-corrected chi connectivity index (χ0v) is 7.62. The number of hydrogen-bond acceptors (Lipinski definition) is 2. The van der Waals surface area contributed by atoms with E-state index in [4.69, 9.17) is 5.41 Å². The number of thioether (sulfide) groups is 1. The smallest absolute Gasteiger partial charge is 1.00 e. The molecule has 0 aromatic rings. The lowest BCUT2D eigenvalue weighted by Gasteiger charge is -2.05. The molecule has 1 saturated heterocycles. The van der Waals surface area contributed by atoms with Gasteiger partial charge in [-0.2, -0.15) is 0 Å². The van der Waals surface area contributed by atoms with Crippen LogP contribution in [-0.2, 0) is 0 Å². The highest BCUT2D eigenvalue weighted by atomic mass is 127. The molecule has 1 N–H and O–H groups in total.